The highest BCUT2D eigenvalue weighted by Crippen LogP contribution is 2.26. The first kappa shape index (κ1) is 14.1. The molecule has 0 aliphatic rings. The van der Waals surface area contributed by atoms with Crippen LogP contribution >= 0.6 is 23.1 Å². The summed E-state index contributed by atoms with van der Waals surface area (Å²) in [6, 6.07) is 2.10. The summed E-state index contributed by atoms with van der Waals surface area (Å²) in [5, 5.41) is 6.25. The van der Waals surface area contributed by atoms with Gasteiger partial charge >= 0.3 is 0 Å². The minimum atomic E-state index is -0.00667. The molecule has 0 fully saturated rings. The van der Waals surface area contributed by atoms with Crippen molar-refractivity contribution in [2.75, 3.05) is 11.5 Å². The van der Waals surface area contributed by atoms with E-state index in [1.54, 1.807) is 0 Å². The van der Waals surface area contributed by atoms with Gasteiger partial charge in [0.05, 0.1) is 11.1 Å². The lowest BCUT2D eigenvalue weighted by Gasteiger charge is -2.10. The third-order valence-corrected chi connectivity index (χ3v) is 4.34. The molecule has 2 aromatic rings. The molecule has 1 amide bonds. The van der Waals surface area contributed by atoms with Crippen LogP contribution < -0.4 is 11.1 Å². The number of nitrogen functional groups attached to an aromatic ring is 1. The fraction of sp³-hybridized carbons (Fsp3) is 0.417. The number of aromatic nitrogens is 2. The fourth-order valence-corrected chi connectivity index (χ4v) is 2.96. The topological polar surface area (TPSA) is 80.9 Å². The van der Waals surface area contributed by atoms with Gasteiger partial charge in [0, 0.05) is 6.04 Å². The molecule has 0 aliphatic carbocycles. The van der Waals surface area contributed by atoms with Crippen LogP contribution in [0.5, 0.6) is 0 Å². The SMILES string of the molecule is CCC(C)NC(=O)CSc1nc(N)c2ccsc2n1. The Balaban J connectivity index is 1.99. The highest BCUT2D eigenvalue weighted by atomic mass is 32.2. The molecular weight excluding hydrogens is 280 g/mol. The first-order valence-electron chi connectivity index (χ1n) is 6.03. The zero-order valence-electron chi connectivity index (χ0n) is 10.8. The number of nitrogens with one attached hydrogen (secondary N) is 1. The van der Waals surface area contributed by atoms with Gasteiger partial charge in [0.1, 0.15) is 10.6 Å². The molecular formula is C12H16N4OS2. The molecule has 0 saturated carbocycles. The summed E-state index contributed by atoms with van der Waals surface area (Å²) < 4.78 is 0. The van der Waals surface area contributed by atoms with Gasteiger partial charge in [0.15, 0.2) is 5.16 Å². The molecule has 3 N–H and O–H groups in total. The molecule has 0 aliphatic heterocycles. The van der Waals surface area contributed by atoms with Gasteiger partial charge in [-0.1, -0.05) is 18.7 Å². The van der Waals surface area contributed by atoms with Crippen molar-refractivity contribution in [1.82, 2.24) is 15.3 Å². The van der Waals surface area contributed by atoms with Gasteiger partial charge in [-0.25, -0.2) is 9.97 Å². The number of nitrogens with two attached hydrogens (primary N) is 1. The van der Waals surface area contributed by atoms with Gasteiger partial charge in [0.25, 0.3) is 0 Å². The lowest BCUT2D eigenvalue weighted by Crippen LogP contribution is -2.33. The van der Waals surface area contributed by atoms with E-state index >= 15 is 0 Å². The Morgan fingerprint density at radius 1 is 1.58 bits per heavy atom. The van der Waals surface area contributed by atoms with Gasteiger partial charge in [-0.15, -0.1) is 11.3 Å². The Bertz CT molecular complexity index is 584. The number of amides is 1. The molecule has 2 heterocycles. The maximum absolute atomic E-state index is 11.7. The van der Waals surface area contributed by atoms with Crippen molar-refractivity contribution in [3.63, 3.8) is 0 Å². The van der Waals surface area contributed by atoms with Crippen molar-refractivity contribution in [3.8, 4) is 0 Å². The molecule has 0 saturated heterocycles. The number of fused-ring (bicyclic) bond motifs is 1. The van der Waals surface area contributed by atoms with Crippen LogP contribution in [0.25, 0.3) is 10.2 Å². The molecule has 19 heavy (non-hydrogen) atoms. The summed E-state index contributed by atoms with van der Waals surface area (Å²) in [7, 11) is 0. The van der Waals surface area contributed by atoms with E-state index in [2.05, 4.69) is 15.3 Å². The molecule has 7 heteroatoms. The Hall–Kier alpha value is -1.34. The van der Waals surface area contributed by atoms with Crippen molar-refractivity contribution >= 4 is 45.0 Å². The molecule has 0 spiro atoms. The van der Waals surface area contributed by atoms with E-state index in [0.717, 1.165) is 16.6 Å². The number of hydrogen-bond acceptors (Lipinski definition) is 6. The maximum atomic E-state index is 11.7. The molecule has 1 unspecified atom stereocenters. The second-order valence-corrected chi connectivity index (χ2v) is 6.03. The number of anilines is 1. The monoisotopic (exact) mass is 296 g/mol. The summed E-state index contributed by atoms with van der Waals surface area (Å²) in [4.78, 5) is 21.1. The number of carbonyl (C=O) groups excluding carboxylic acids is 1. The summed E-state index contributed by atoms with van der Waals surface area (Å²) in [5.41, 5.74) is 5.85. The minimum Gasteiger partial charge on any atom is -0.383 e. The standard InChI is InChI=1S/C12H16N4OS2/c1-3-7(2)14-9(17)6-19-12-15-10(13)8-4-5-18-11(8)16-12/h4-5,7H,3,6H2,1-2H3,(H,14,17)(H2,13,15,16). The van der Waals surface area contributed by atoms with Crippen molar-refractivity contribution in [2.45, 2.75) is 31.5 Å². The van der Waals surface area contributed by atoms with Crippen molar-refractivity contribution in [2.24, 2.45) is 0 Å². The van der Waals surface area contributed by atoms with Crippen LogP contribution in [0.1, 0.15) is 20.3 Å². The molecule has 0 aromatic carbocycles. The quantitative estimate of drug-likeness (QED) is 0.653. The van der Waals surface area contributed by atoms with Crippen LogP contribution in [0.15, 0.2) is 16.6 Å². The fourth-order valence-electron chi connectivity index (χ4n) is 1.47. The van der Waals surface area contributed by atoms with Gasteiger partial charge in [-0.05, 0) is 24.8 Å². The Kier molecular flexibility index (Phi) is 4.60. The number of rotatable bonds is 5. The number of thiophene rings is 1. The van der Waals surface area contributed by atoms with Crippen LogP contribution in [-0.4, -0.2) is 27.7 Å². The van der Waals surface area contributed by atoms with Crippen LogP contribution in [0.2, 0.25) is 0 Å². The van der Waals surface area contributed by atoms with Gasteiger partial charge in [0.2, 0.25) is 5.91 Å². The zero-order valence-corrected chi connectivity index (χ0v) is 12.5. The van der Waals surface area contributed by atoms with Crippen LogP contribution in [-0.2, 0) is 4.79 Å². The van der Waals surface area contributed by atoms with E-state index in [1.807, 2.05) is 25.3 Å². The number of thioether (sulfide) groups is 1. The Labute approximate surface area is 120 Å². The van der Waals surface area contributed by atoms with Crippen LogP contribution in [0.4, 0.5) is 5.82 Å². The van der Waals surface area contributed by atoms with Crippen LogP contribution in [0.3, 0.4) is 0 Å². The third-order valence-electron chi connectivity index (χ3n) is 2.69. The number of nitrogens with zero attached hydrogens (tertiary/aromatic N) is 2. The highest BCUT2D eigenvalue weighted by Gasteiger charge is 2.10. The predicted octanol–water partition coefficient (Wildman–Crippen LogP) is 2.28. The van der Waals surface area contributed by atoms with E-state index in [-0.39, 0.29) is 11.9 Å². The average Bonchev–Trinajstić information content (AvgIpc) is 2.85. The Morgan fingerprint density at radius 3 is 3.11 bits per heavy atom. The lowest BCUT2D eigenvalue weighted by molar-refractivity contribution is -0.119. The van der Waals surface area contributed by atoms with E-state index in [4.69, 9.17) is 5.73 Å². The van der Waals surface area contributed by atoms with E-state index in [9.17, 15) is 4.79 Å². The second-order valence-electron chi connectivity index (χ2n) is 4.20. The van der Waals surface area contributed by atoms with Gasteiger partial charge in [-0.2, -0.15) is 0 Å². The molecule has 102 valence electrons. The molecule has 2 rings (SSSR count). The van der Waals surface area contributed by atoms with Crippen LogP contribution in [0, 0.1) is 0 Å². The molecule has 1 atom stereocenters. The number of hydrogen-bond donors (Lipinski definition) is 2. The van der Waals surface area contributed by atoms with Crippen molar-refractivity contribution in [1.29, 1.82) is 0 Å². The summed E-state index contributed by atoms with van der Waals surface area (Å²) in [6.07, 6.45) is 0.918. The molecule has 0 radical (unpaired) electrons. The average molecular weight is 296 g/mol. The highest BCUT2D eigenvalue weighted by molar-refractivity contribution is 7.99. The first-order valence-corrected chi connectivity index (χ1v) is 7.89. The van der Waals surface area contributed by atoms with Crippen molar-refractivity contribution in [3.05, 3.63) is 11.4 Å². The molecule has 2 aromatic heterocycles. The van der Waals surface area contributed by atoms with Gasteiger partial charge in [-0.3, -0.25) is 4.79 Å². The zero-order chi connectivity index (χ0) is 13.8. The Morgan fingerprint density at radius 2 is 2.37 bits per heavy atom. The smallest absolute Gasteiger partial charge is 0.230 e. The first-order chi connectivity index (χ1) is 9.10. The number of carbonyl (C=O) groups is 1. The van der Waals surface area contributed by atoms with E-state index in [1.165, 1.54) is 23.1 Å². The molecule has 5 nitrogen and oxygen atoms in total. The normalized spacial score (nSPS) is 12.5. The minimum absolute atomic E-state index is 0.00667. The third kappa shape index (κ3) is 3.57. The molecule has 0 bridgehead atoms. The van der Waals surface area contributed by atoms with Crippen molar-refractivity contribution < 1.29 is 4.79 Å². The van der Waals surface area contributed by atoms with Gasteiger partial charge < -0.3 is 11.1 Å². The van der Waals surface area contributed by atoms with E-state index < -0.39 is 0 Å². The second kappa shape index (κ2) is 6.21. The largest absolute Gasteiger partial charge is 0.383 e. The lowest BCUT2D eigenvalue weighted by atomic mass is 10.3. The van der Waals surface area contributed by atoms with E-state index in [0.29, 0.717) is 16.7 Å². The summed E-state index contributed by atoms with van der Waals surface area (Å²) in [6.45, 7) is 4.02. The summed E-state index contributed by atoms with van der Waals surface area (Å²) >= 11 is 2.82. The maximum Gasteiger partial charge on any atom is 0.230 e. The summed E-state index contributed by atoms with van der Waals surface area (Å²) in [5.74, 6) is 0.768. The predicted molar refractivity (Wildman–Crippen MR) is 80.4 cm³/mol.